The molecule has 0 N–H and O–H groups in total. The zero-order valence-electron chi connectivity index (χ0n) is 28.6. The number of benzene rings is 8. The topological polar surface area (TPSA) is 8.17 Å². The number of fused-ring (bicyclic) bond motifs is 8. The lowest BCUT2D eigenvalue weighted by atomic mass is 9.90. The predicted octanol–water partition coefficient (Wildman–Crippen LogP) is 13.3. The van der Waals surface area contributed by atoms with Gasteiger partial charge in [-0.25, -0.2) is 0 Å². The molecule has 2 aliphatic carbocycles. The van der Waals surface area contributed by atoms with Gasteiger partial charge in [0.2, 0.25) is 0 Å². The zero-order valence-corrected chi connectivity index (χ0v) is 28.6. The molecule has 0 fully saturated rings. The molecule has 0 saturated heterocycles. The largest absolute Gasteiger partial charge is 0.333 e. The highest BCUT2D eigenvalue weighted by atomic mass is 15.2. The van der Waals surface area contributed by atoms with E-state index in [4.69, 9.17) is 0 Å². The van der Waals surface area contributed by atoms with E-state index in [1.165, 1.54) is 93.8 Å². The molecule has 1 heterocycles. The number of anilines is 2. The van der Waals surface area contributed by atoms with Crippen LogP contribution in [0.15, 0.2) is 188 Å². The third-order valence-corrected chi connectivity index (χ3v) is 11.2. The van der Waals surface area contributed by atoms with Crippen LogP contribution in [0.4, 0.5) is 11.4 Å². The molecule has 244 valence electrons. The van der Waals surface area contributed by atoms with Crippen molar-refractivity contribution in [3.63, 3.8) is 0 Å². The maximum absolute atomic E-state index is 2.59. The van der Waals surface area contributed by atoms with Gasteiger partial charge in [0.25, 0.3) is 0 Å². The van der Waals surface area contributed by atoms with Gasteiger partial charge in [-0.3, -0.25) is 0 Å². The number of hydrogen-bond acceptors (Lipinski definition) is 1. The molecule has 0 bridgehead atoms. The van der Waals surface area contributed by atoms with E-state index in [1.54, 1.807) is 0 Å². The third-order valence-electron chi connectivity index (χ3n) is 11.2. The summed E-state index contributed by atoms with van der Waals surface area (Å²) < 4.78 is 2.42. The molecule has 0 spiro atoms. The van der Waals surface area contributed by atoms with Gasteiger partial charge >= 0.3 is 0 Å². The monoisotopic (exact) mass is 662 g/mol. The van der Waals surface area contributed by atoms with Gasteiger partial charge < -0.3 is 9.47 Å². The molecule has 1 unspecified atom stereocenters. The van der Waals surface area contributed by atoms with Gasteiger partial charge in [-0.05, 0) is 110 Å². The Morgan fingerprint density at radius 2 is 1.21 bits per heavy atom. The van der Waals surface area contributed by atoms with Crippen molar-refractivity contribution in [2.45, 2.75) is 12.5 Å². The molecule has 0 saturated carbocycles. The number of para-hydroxylation sites is 2. The second kappa shape index (κ2) is 11.4. The van der Waals surface area contributed by atoms with Gasteiger partial charge in [-0.2, -0.15) is 0 Å². The number of rotatable bonds is 5. The average Bonchev–Trinajstić information content (AvgIpc) is 3.72. The fraction of sp³-hybridized carbons (Fsp3) is 0.0400. The summed E-state index contributed by atoms with van der Waals surface area (Å²) in [6.45, 7) is 0. The molecular weight excluding hydrogens is 629 g/mol. The van der Waals surface area contributed by atoms with Gasteiger partial charge in [0.1, 0.15) is 0 Å². The van der Waals surface area contributed by atoms with Crippen molar-refractivity contribution in [2.75, 3.05) is 4.90 Å². The molecule has 0 aliphatic heterocycles. The van der Waals surface area contributed by atoms with Crippen molar-refractivity contribution >= 4 is 60.3 Å². The van der Waals surface area contributed by atoms with Gasteiger partial charge in [0, 0.05) is 27.8 Å². The van der Waals surface area contributed by atoms with E-state index in [2.05, 4.69) is 198 Å². The normalized spacial score (nSPS) is 14.7. The van der Waals surface area contributed by atoms with E-state index in [0.29, 0.717) is 0 Å². The Hall–Kier alpha value is -6.64. The van der Waals surface area contributed by atoms with E-state index in [-0.39, 0.29) is 6.04 Å². The highest BCUT2D eigenvalue weighted by molar-refractivity contribution is 6.24. The van der Waals surface area contributed by atoms with Crippen molar-refractivity contribution in [3.05, 3.63) is 194 Å². The minimum absolute atomic E-state index is 0.0952. The number of hydrogen-bond donors (Lipinski definition) is 0. The van der Waals surface area contributed by atoms with Crippen molar-refractivity contribution in [1.29, 1.82) is 0 Å². The Labute approximate surface area is 302 Å². The number of aromatic nitrogens is 1. The van der Waals surface area contributed by atoms with Crippen molar-refractivity contribution in [3.8, 4) is 27.9 Å². The quantitative estimate of drug-likeness (QED) is 0.167. The molecular formula is C50H34N2. The first-order chi connectivity index (χ1) is 25.8. The Morgan fingerprint density at radius 3 is 2.10 bits per heavy atom. The summed E-state index contributed by atoms with van der Waals surface area (Å²) >= 11 is 0. The maximum atomic E-state index is 2.59. The fourth-order valence-electron chi connectivity index (χ4n) is 9.00. The smallest absolute Gasteiger partial charge is 0.0631 e. The second-order valence-corrected chi connectivity index (χ2v) is 14.0. The Morgan fingerprint density at radius 1 is 0.500 bits per heavy atom. The van der Waals surface area contributed by atoms with Crippen LogP contribution in [0, 0.1) is 0 Å². The lowest BCUT2D eigenvalue weighted by Crippen LogP contribution is -2.33. The molecule has 2 heteroatoms. The van der Waals surface area contributed by atoms with Crippen LogP contribution >= 0.6 is 0 Å². The molecule has 8 aromatic carbocycles. The third kappa shape index (κ3) is 4.31. The van der Waals surface area contributed by atoms with Crippen molar-refractivity contribution < 1.29 is 0 Å². The minimum atomic E-state index is 0.0952. The summed E-state index contributed by atoms with van der Waals surface area (Å²) in [5, 5.41) is 7.78. The summed E-state index contributed by atoms with van der Waals surface area (Å²) in [6, 6.07) is 62.8. The molecule has 1 atom stereocenters. The van der Waals surface area contributed by atoms with Gasteiger partial charge in [-0.1, -0.05) is 140 Å². The molecule has 9 aromatic rings. The van der Waals surface area contributed by atoms with Crippen LogP contribution in [0.25, 0.3) is 76.9 Å². The van der Waals surface area contributed by atoms with E-state index < -0.39 is 0 Å². The molecule has 2 aliphatic rings. The predicted molar refractivity (Wildman–Crippen MR) is 221 cm³/mol. The molecule has 0 amide bonds. The molecule has 11 rings (SSSR count). The molecule has 52 heavy (non-hydrogen) atoms. The maximum Gasteiger partial charge on any atom is 0.0631 e. The summed E-state index contributed by atoms with van der Waals surface area (Å²) in [4.78, 5) is 2.59. The lowest BCUT2D eigenvalue weighted by Gasteiger charge is -2.37. The van der Waals surface area contributed by atoms with Crippen LogP contribution in [0.2, 0.25) is 0 Å². The molecule has 1 aromatic heterocycles. The van der Waals surface area contributed by atoms with Crippen LogP contribution < -0.4 is 4.90 Å². The first-order valence-electron chi connectivity index (χ1n) is 18.2. The first-order valence-corrected chi connectivity index (χ1v) is 18.2. The summed E-state index contributed by atoms with van der Waals surface area (Å²) in [5.41, 5.74) is 13.8. The molecule has 2 nitrogen and oxygen atoms in total. The van der Waals surface area contributed by atoms with Gasteiger partial charge in [0.05, 0.1) is 17.1 Å². The summed E-state index contributed by atoms with van der Waals surface area (Å²) in [7, 11) is 0. The van der Waals surface area contributed by atoms with E-state index in [9.17, 15) is 0 Å². The summed E-state index contributed by atoms with van der Waals surface area (Å²) in [6.07, 6.45) is 7.75. The van der Waals surface area contributed by atoms with Gasteiger partial charge in [-0.15, -0.1) is 0 Å². The van der Waals surface area contributed by atoms with Crippen LogP contribution in [-0.2, 0) is 0 Å². The highest BCUT2D eigenvalue weighted by Gasteiger charge is 2.30. The number of nitrogens with zero attached hydrogens (tertiary/aromatic N) is 2. The van der Waals surface area contributed by atoms with E-state index >= 15 is 0 Å². The van der Waals surface area contributed by atoms with Crippen molar-refractivity contribution in [2.24, 2.45) is 0 Å². The van der Waals surface area contributed by atoms with Crippen LogP contribution in [0.3, 0.4) is 0 Å². The fourth-order valence-corrected chi connectivity index (χ4v) is 9.00. The van der Waals surface area contributed by atoms with Crippen LogP contribution in [0.5, 0.6) is 0 Å². The Kier molecular flexibility index (Phi) is 6.41. The molecule has 0 radical (unpaired) electrons. The zero-order chi connectivity index (χ0) is 34.2. The summed E-state index contributed by atoms with van der Waals surface area (Å²) in [5.74, 6) is 0. The Balaban J connectivity index is 1.16. The SMILES string of the molecule is C1=CCC(N(c2ccc3c(c2)-c2cccc4cc5ccccc5c-3c24)c2ccc3c4ccccc4n(-c4ccccc4)c3c2)C(c2ccccc2)=C1. The standard InChI is InChI=1S/C50H34N2/c1-3-14-33(15-4-1)39-20-9-11-24-46(39)51(38-26-28-42-41-22-10-12-25-47(41)52(48(42)32-38)36-18-5-2-6-19-36)37-27-29-44-45(31-37)43-23-13-17-35-30-34-16-7-8-21-40(34)50(44)49(35)43/h1-23,25-32,46H,24H2. The van der Waals surface area contributed by atoms with E-state index in [1.807, 2.05) is 0 Å². The Bertz CT molecular complexity index is 2930. The average molecular weight is 663 g/mol. The van der Waals surface area contributed by atoms with Crippen LogP contribution in [0.1, 0.15) is 12.0 Å². The second-order valence-electron chi connectivity index (χ2n) is 14.0. The highest BCUT2D eigenvalue weighted by Crippen LogP contribution is 2.52. The van der Waals surface area contributed by atoms with Crippen LogP contribution in [-0.4, -0.2) is 10.6 Å². The van der Waals surface area contributed by atoms with Crippen molar-refractivity contribution in [1.82, 2.24) is 4.57 Å². The van der Waals surface area contributed by atoms with Gasteiger partial charge in [0.15, 0.2) is 0 Å². The van der Waals surface area contributed by atoms with E-state index in [0.717, 1.165) is 6.42 Å². The lowest BCUT2D eigenvalue weighted by molar-refractivity contribution is 0.803. The number of allylic oxidation sites excluding steroid dienone is 2. The minimum Gasteiger partial charge on any atom is -0.333 e. The first kappa shape index (κ1) is 29.1.